The third-order valence-corrected chi connectivity index (χ3v) is 7.22. The van der Waals surface area contributed by atoms with Gasteiger partial charge in [0.1, 0.15) is 5.75 Å². The van der Waals surface area contributed by atoms with Crippen molar-refractivity contribution in [1.29, 1.82) is 0 Å². The highest BCUT2D eigenvalue weighted by atomic mass is 16.5. The van der Waals surface area contributed by atoms with Crippen molar-refractivity contribution in [2.75, 3.05) is 31.6 Å². The van der Waals surface area contributed by atoms with Gasteiger partial charge in [-0.25, -0.2) is 4.68 Å². The quantitative estimate of drug-likeness (QED) is 0.560. The number of hydrogen-bond acceptors (Lipinski definition) is 6. The summed E-state index contributed by atoms with van der Waals surface area (Å²) in [5.41, 5.74) is 4.27. The zero-order chi connectivity index (χ0) is 22.6. The Hall–Kier alpha value is -2.93. The molecule has 7 heteroatoms. The van der Waals surface area contributed by atoms with Gasteiger partial charge in [0.05, 0.1) is 43.3 Å². The molecule has 1 unspecified atom stereocenters. The number of nitrogens with one attached hydrogen (secondary N) is 1. The minimum absolute atomic E-state index is 0.157. The number of rotatable bonds is 8. The number of piperidine rings is 1. The molecule has 0 aromatic carbocycles. The molecule has 5 rings (SSSR count). The molecule has 2 aliphatic rings. The van der Waals surface area contributed by atoms with Gasteiger partial charge in [0.15, 0.2) is 0 Å². The van der Waals surface area contributed by atoms with Crippen LogP contribution >= 0.6 is 0 Å². The monoisotopic (exact) mass is 446 g/mol. The second kappa shape index (κ2) is 9.91. The van der Waals surface area contributed by atoms with Crippen molar-refractivity contribution >= 4 is 5.69 Å². The minimum atomic E-state index is 0.157. The van der Waals surface area contributed by atoms with E-state index >= 15 is 0 Å². The van der Waals surface area contributed by atoms with Gasteiger partial charge >= 0.3 is 0 Å². The molecule has 1 aliphatic heterocycles. The highest BCUT2D eigenvalue weighted by molar-refractivity contribution is 5.46. The van der Waals surface area contributed by atoms with E-state index in [1.54, 1.807) is 19.5 Å². The third kappa shape index (κ3) is 5.03. The number of aromatic nitrogens is 4. The average molecular weight is 447 g/mol. The summed E-state index contributed by atoms with van der Waals surface area (Å²) >= 11 is 0. The van der Waals surface area contributed by atoms with Gasteiger partial charge in [0, 0.05) is 43.0 Å². The highest BCUT2D eigenvalue weighted by Crippen LogP contribution is 2.28. The Morgan fingerprint density at radius 2 is 2.00 bits per heavy atom. The maximum atomic E-state index is 5.28. The molecule has 2 fully saturated rings. The minimum Gasteiger partial charge on any atom is -0.495 e. The van der Waals surface area contributed by atoms with Crippen LogP contribution in [0.15, 0.2) is 49.2 Å². The number of anilines is 1. The van der Waals surface area contributed by atoms with E-state index in [0.29, 0.717) is 11.8 Å². The Morgan fingerprint density at radius 3 is 2.76 bits per heavy atom. The van der Waals surface area contributed by atoms with Crippen LogP contribution in [-0.4, -0.2) is 52.5 Å². The highest BCUT2D eigenvalue weighted by Gasteiger charge is 2.23. The molecule has 0 spiro atoms. The summed E-state index contributed by atoms with van der Waals surface area (Å²) < 4.78 is 7.11. The largest absolute Gasteiger partial charge is 0.495 e. The SMILES string of the molecule is COc1cncc(-n2cc(C(C)c3ccc(N4CCC[C@@H](NCC5CCC5)C4)cn3)cn2)c1. The lowest BCUT2D eigenvalue weighted by molar-refractivity contribution is 0.280. The molecule has 0 amide bonds. The first-order valence-corrected chi connectivity index (χ1v) is 12.2. The number of pyridine rings is 2. The lowest BCUT2D eigenvalue weighted by atomic mass is 9.85. The van der Waals surface area contributed by atoms with E-state index < -0.39 is 0 Å². The number of ether oxygens (including phenoxy) is 1. The van der Waals surface area contributed by atoms with Gasteiger partial charge in [-0.05, 0) is 55.8 Å². The fraction of sp³-hybridized carbons (Fsp3) is 0.500. The molecule has 1 saturated heterocycles. The summed E-state index contributed by atoms with van der Waals surface area (Å²) in [6.07, 6.45) is 16.2. The zero-order valence-electron chi connectivity index (χ0n) is 19.7. The predicted molar refractivity (Wildman–Crippen MR) is 130 cm³/mol. The van der Waals surface area contributed by atoms with Crippen LogP contribution in [0.5, 0.6) is 5.75 Å². The zero-order valence-corrected chi connectivity index (χ0v) is 19.7. The van der Waals surface area contributed by atoms with E-state index in [-0.39, 0.29) is 5.92 Å². The molecule has 0 bridgehead atoms. The summed E-state index contributed by atoms with van der Waals surface area (Å²) in [6.45, 7) is 5.55. The lowest BCUT2D eigenvalue weighted by Gasteiger charge is -2.36. The van der Waals surface area contributed by atoms with Gasteiger partial charge in [-0.2, -0.15) is 5.10 Å². The summed E-state index contributed by atoms with van der Waals surface area (Å²) in [5.74, 6) is 1.78. The Balaban J connectivity index is 1.22. The fourth-order valence-electron chi connectivity index (χ4n) is 4.77. The predicted octanol–water partition coefficient (Wildman–Crippen LogP) is 4.18. The van der Waals surface area contributed by atoms with Gasteiger partial charge in [0.25, 0.3) is 0 Å². The van der Waals surface area contributed by atoms with E-state index in [2.05, 4.69) is 39.4 Å². The van der Waals surface area contributed by atoms with E-state index in [1.165, 1.54) is 44.3 Å². The second-order valence-corrected chi connectivity index (χ2v) is 9.45. The molecule has 3 aromatic rings. The van der Waals surface area contributed by atoms with E-state index in [9.17, 15) is 0 Å². The topological polar surface area (TPSA) is 68.1 Å². The van der Waals surface area contributed by atoms with Crippen molar-refractivity contribution in [1.82, 2.24) is 25.1 Å². The maximum Gasteiger partial charge on any atom is 0.139 e. The number of nitrogens with zero attached hydrogens (tertiary/aromatic N) is 5. The van der Waals surface area contributed by atoms with Crippen molar-refractivity contribution in [3.63, 3.8) is 0 Å². The van der Waals surface area contributed by atoms with Crippen LogP contribution in [0.3, 0.4) is 0 Å². The van der Waals surface area contributed by atoms with Crippen molar-refractivity contribution in [3.8, 4) is 11.4 Å². The first kappa shape index (κ1) is 21.9. The van der Waals surface area contributed by atoms with Crippen LogP contribution < -0.4 is 15.0 Å². The maximum absolute atomic E-state index is 5.28. The summed E-state index contributed by atoms with van der Waals surface area (Å²) in [7, 11) is 1.64. The number of hydrogen-bond donors (Lipinski definition) is 1. The first-order valence-electron chi connectivity index (χ1n) is 12.2. The molecule has 2 atom stereocenters. The molecule has 1 N–H and O–H groups in total. The van der Waals surface area contributed by atoms with Crippen molar-refractivity contribution in [3.05, 3.63) is 60.4 Å². The van der Waals surface area contributed by atoms with Crippen LogP contribution in [0.25, 0.3) is 5.69 Å². The van der Waals surface area contributed by atoms with Crippen molar-refractivity contribution in [2.45, 2.75) is 51.0 Å². The Labute approximate surface area is 196 Å². The molecule has 0 radical (unpaired) electrons. The van der Waals surface area contributed by atoms with Gasteiger partial charge in [0.2, 0.25) is 0 Å². The van der Waals surface area contributed by atoms with Gasteiger partial charge in [-0.3, -0.25) is 9.97 Å². The first-order chi connectivity index (χ1) is 16.2. The molecule has 174 valence electrons. The molecule has 3 aromatic heterocycles. The van der Waals surface area contributed by atoms with Gasteiger partial charge < -0.3 is 15.0 Å². The summed E-state index contributed by atoms with van der Waals surface area (Å²) in [5, 5.41) is 8.34. The molecule has 33 heavy (non-hydrogen) atoms. The van der Waals surface area contributed by atoms with Gasteiger partial charge in [-0.15, -0.1) is 0 Å². The van der Waals surface area contributed by atoms with Gasteiger partial charge in [-0.1, -0.05) is 13.3 Å². The standard InChI is InChI=1S/C26H34N6O/c1-19(21-13-30-32(17-21)24-11-25(33-2)16-27-14-24)26-9-8-23(15-29-26)31-10-4-7-22(18-31)28-12-20-5-3-6-20/h8-9,11,13-17,19-20,22,28H,3-7,10,12,18H2,1-2H3/t19?,22-/m1/s1. The van der Waals surface area contributed by atoms with E-state index in [4.69, 9.17) is 9.72 Å². The van der Waals surface area contributed by atoms with Crippen LogP contribution in [0, 0.1) is 5.92 Å². The summed E-state index contributed by atoms with van der Waals surface area (Å²) in [4.78, 5) is 11.5. The molecular weight excluding hydrogens is 412 g/mol. The van der Waals surface area contributed by atoms with Crippen LogP contribution in [0.4, 0.5) is 5.69 Å². The third-order valence-electron chi connectivity index (χ3n) is 7.22. The average Bonchev–Trinajstić information content (AvgIpc) is 3.33. The number of methoxy groups -OCH3 is 1. The molecule has 1 saturated carbocycles. The van der Waals surface area contributed by atoms with Crippen LogP contribution in [-0.2, 0) is 0 Å². The van der Waals surface area contributed by atoms with Crippen molar-refractivity contribution in [2.24, 2.45) is 5.92 Å². The molecule has 1 aliphatic carbocycles. The summed E-state index contributed by atoms with van der Waals surface area (Å²) in [6, 6.07) is 6.91. The van der Waals surface area contributed by atoms with E-state index in [1.807, 2.05) is 29.3 Å². The van der Waals surface area contributed by atoms with Crippen molar-refractivity contribution < 1.29 is 4.74 Å². The Morgan fingerprint density at radius 1 is 1.09 bits per heavy atom. The normalized spacial score (nSPS) is 19.8. The van der Waals surface area contributed by atoms with E-state index in [0.717, 1.165) is 36.0 Å². The van der Waals surface area contributed by atoms with Crippen LogP contribution in [0.1, 0.15) is 56.2 Å². The smallest absolute Gasteiger partial charge is 0.139 e. The lowest BCUT2D eigenvalue weighted by Crippen LogP contribution is -2.47. The second-order valence-electron chi connectivity index (χ2n) is 9.45. The van der Waals surface area contributed by atoms with Crippen LogP contribution in [0.2, 0.25) is 0 Å². The fourth-order valence-corrected chi connectivity index (χ4v) is 4.77. The molecular formula is C26H34N6O. The Bertz CT molecular complexity index is 1040. The molecule has 7 nitrogen and oxygen atoms in total. The Kier molecular flexibility index (Phi) is 6.58. The molecule has 4 heterocycles.